The zero-order valence-electron chi connectivity index (χ0n) is 13.4. The first-order valence-corrected chi connectivity index (χ1v) is 7.54. The van der Waals surface area contributed by atoms with Gasteiger partial charge in [0.1, 0.15) is 0 Å². The topological polar surface area (TPSA) is 36.9 Å². The van der Waals surface area contributed by atoms with Crippen molar-refractivity contribution in [2.24, 2.45) is 5.92 Å². The second-order valence-corrected chi connectivity index (χ2v) is 7.02. The summed E-state index contributed by atoms with van der Waals surface area (Å²) in [7, 11) is -0.371. The van der Waals surface area contributed by atoms with Gasteiger partial charge in [-0.05, 0) is 45.3 Å². The average Bonchev–Trinajstić information content (AvgIpc) is 2.55. The summed E-state index contributed by atoms with van der Waals surface area (Å²) < 4.78 is 23.7. The monoisotopic (exact) mass is 290 g/mol. The Labute approximate surface area is 126 Å². The lowest BCUT2D eigenvalue weighted by atomic mass is 9.79. The number of fused-ring (bicyclic) bond motifs is 1. The second-order valence-electron chi connectivity index (χ2n) is 7.02. The summed E-state index contributed by atoms with van der Waals surface area (Å²) in [6.07, 6.45) is 0. The van der Waals surface area contributed by atoms with E-state index in [4.69, 9.17) is 18.8 Å². The molecule has 3 rings (SSSR count). The third-order valence-electron chi connectivity index (χ3n) is 4.54. The number of benzene rings is 1. The van der Waals surface area contributed by atoms with Crippen LogP contribution in [-0.4, -0.2) is 31.5 Å². The molecule has 0 bridgehead atoms. The molecule has 21 heavy (non-hydrogen) atoms. The van der Waals surface area contributed by atoms with Crippen LogP contribution in [0.5, 0.6) is 11.5 Å². The fourth-order valence-corrected chi connectivity index (χ4v) is 2.39. The molecule has 2 heterocycles. The Hall–Kier alpha value is -1.20. The smallest absolute Gasteiger partial charge is 0.489 e. The summed E-state index contributed by atoms with van der Waals surface area (Å²) in [6, 6.07) is 5.89. The van der Waals surface area contributed by atoms with Crippen LogP contribution in [0, 0.1) is 5.92 Å². The number of hydrogen-bond donors (Lipinski definition) is 0. The van der Waals surface area contributed by atoms with Crippen molar-refractivity contribution >= 4 is 12.6 Å². The van der Waals surface area contributed by atoms with Crippen LogP contribution < -0.4 is 14.9 Å². The van der Waals surface area contributed by atoms with Crippen LogP contribution in [0.3, 0.4) is 0 Å². The van der Waals surface area contributed by atoms with E-state index < -0.39 is 0 Å². The largest absolute Gasteiger partial charge is 0.494 e. The summed E-state index contributed by atoms with van der Waals surface area (Å²) in [5.41, 5.74) is 0.290. The molecule has 1 fully saturated rings. The molecule has 5 heteroatoms. The summed E-state index contributed by atoms with van der Waals surface area (Å²) in [4.78, 5) is 0. The molecule has 2 aliphatic rings. The van der Waals surface area contributed by atoms with Crippen molar-refractivity contribution in [1.29, 1.82) is 0 Å². The highest BCUT2D eigenvalue weighted by Crippen LogP contribution is 2.37. The summed E-state index contributed by atoms with van der Waals surface area (Å²) >= 11 is 0. The van der Waals surface area contributed by atoms with Crippen molar-refractivity contribution in [3.8, 4) is 11.5 Å². The molecule has 114 valence electrons. The van der Waals surface area contributed by atoms with Gasteiger partial charge in [0.05, 0.1) is 24.4 Å². The average molecular weight is 290 g/mol. The maximum absolute atomic E-state index is 6.07. The maximum atomic E-state index is 6.07. The number of rotatable bonds is 1. The first-order valence-electron chi connectivity index (χ1n) is 7.54. The number of hydrogen-bond acceptors (Lipinski definition) is 4. The highest BCUT2D eigenvalue weighted by molar-refractivity contribution is 6.62. The normalized spacial score (nSPS) is 26.5. The fraction of sp³-hybridized carbons (Fsp3) is 0.625. The molecule has 4 nitrogen and oxygen atoms in total. The lowest BCUT2D eigenvalue weighted by Gasteiger charge is -2.32. The van der Waals surface area contributed by atoms with Crippen molar-refractivity contribution in [2.45, 2.75) is 45.8 Å². The first kappa shape index (κ1) is 14.7. The first-order chi connectivity index (χ1) is 9.78. The highest BCUT2D eigenvalue weighted by atomic mass is 16.7. The van der Waals surface area contributed by atoms with Gasteiger partial charge in [-0.1, -0.05) is 13.0 Å². The van der Waals surface area contributed by atoms with Crippen LogP contribution >= 0.6 is 0 Å². The van der Waals surface area contributed by atoms with Gasteiger partial charge in [-0.15, -0.1) is 0 Å². The predicted octanol–water partition coefficient (Wildman–Crippen LogP) is 2.39. The van der Waals surface area contributed by atoms with Gasteiger partial charge in [0, 0.05) is 5.92 Å². The van der Waals surface area contributed by atoms with E-state index in [9.17, 15) is 0 Å². The molecule has 1 aromatic rings. The molecule has 0 radical (unpaired) electrons. The van der Waals surface area contributed by atoms with Crippen molar-refractivity contribution in [3.05, 3.63) is 18.2 Å². The van der Waals surface area contributed by atoms with E-state index >= 15 is 0 Å². The molecule has 1 unspecified atom stereocenters. The van der Waals surface area contributed by atoms with E-state index in [1.165, 1.54) is 0 Å². The number of ether oxygens (including phenoxy) is 2. The Morgan fingerprint density at radius 3 is 2.14 bits per heavy atom. The van der Waals surface area contributed by atoms with Crippen LogP contribution in [0.15, 0.2) is 18.2 Å². The van der Waals surface area contributed by atoms with E-state index in [0.29, 0.717) is 19.1 Å². The summed E-state index contributed by atoms with van der Waals surface area (Å²) in [6.45, 7) is 11.7. The molecule has 0 saturated carbocycles. The van der Waals surface area contributed by atoms with Crippen LogP contribution in [0.25, 0.3) is 0 Å². The molecule has 0 aromatic heterocycles. The van der Waals surface area contributed by atoms with E-state index in [-0.39, 0.29) is 18.3 Å². The minimum Gasteiger partial charge on any atom is -0.489 e. The zero-order valence-corrected chi connectivity index (χ0v) is 13.4. The van der Waals surface area contributed by atoms with Crippen molar-refractivity contribution < 1.29 is 18.8 Å². The van der Waals surface area contributed by atoms with Gasteiger partial charge in [-0.25, -0.2) is 0 Å². The SMILES string of the molecule is CC1COc2ccc(B3OC(C)(C)C(C)(C)O3)cc2OC1. The lowest BCUT2D eigenvalue weighted by molar-refractivity contribution is 0.00578. The third-order valence-corrected chi connectivity index (χ3v) is 4.54. The van der Waals surface area contributed by atoms with Gasteiger partial charge < -0.3 is 18.8 Å². The standard InChI is InChI=1S/C16H23BO4/c1-11-9-18-13-7-6-12(8-14(13)19-10-11)17-20-15(2,3)16(4,5)21-17/h6-8,11H,9-10H2,1-5H3. The molecule has 1 atom stereocenters. The minimum absolute atomic E-state index is 0.337. The van der Waals surface area contributed by atoms with Gasteiger partial charge >= 0.3 is 7.12 Å². The lowest BCUT2D eigenvalue weighted by Crippen LogP contribution is -2.41. The minimum atomic E-state index is -0.371. The third kappa shape index (κ3) is 2.65. The van der Waals surface area contributed by atoms with Gasteiger partial charge in [-0.3, -0.25) is 0 Å². The molecule has 1 saturated heterocycles. The fourth-order valence-electron chi connectivity index (χ4n) is 2.39. The van der Waals surface area contributed by atoms with Crippen molar-refractivity contribution in [1.82, 2.24) is 0 Å². The predicted molar refractivity (Wildman–Crippen MR) is 82.3 cm³/mol. The van der Waals surface area contributed by atoms with Gasteiger partial charge in [-0.2, -0.15) is 0 Å². The molecule has 2 aliphatic heterocycles. The summed E-state index contributed by atoms with van der Waals surface area (Å²) in [5, 5.41) is 0. The van der Waals surface area contributed by atoms with Crippen LogP contribution in [-0.2, 0) is 9.31 Å². The van der Waals surface area contributed by atoms with E-state index in [0.717, 1.165) is 17.0 Å². The molecule has 0 N–H and O–H groups in total. The van der Waals surface area contributed by atoms with E-state index in [1.807, 2.05) is 18.2 Å². The molecular weight excluding hydrogens is 267 g/mol. The van der Waals surface area contributed by atoms with Gasteiger partial charge in [0.25, 0.3) is 0 Å². The van der Waals surface area contributed by atoms with E-state index in [2.05, 4.69) is 34.6 Å². The molecule has 1 aromatic carbocycles. The Morgan fingerprint density at radius 2 is 1.52 bits per heavy atom. The highest BCUT2D eigenvalue weighted by Gasteiger charge is 2.51. The Balaban J connectivity index is 1.85. The zero-order chi connectivity index (χ0) is 15.3. The van der Waals surface area contributed by atoms with Gasteiger partial charge in [0.2, 0.25) is 0 Å². The Kier molecular flexibility index (Phi) is 3.45. The molecule has 0 amide bonds. The quantitative estimate of drug-likeness (QED) is 0.744. The van der Waals surface area contributed by atoms with Crippen LogP contribution in [0.1, 0.15) is 34.6 Å². The molecule has 0 spiro atoms. The van der Waals surface area contributed by atoms with Gasteiger partial charge in [0.15, 0.2) is 11.5 Å². The van der Waals surface area contributed by atoms with Crippen molar-refractivity contribution in [2.75, 3.05) is 13.2 Å². The van der Waals surface area contributed by atoms with Crippen LogP contribution in [0.4, 0.5) is 0 Å². The Bertz CT molecular complexity index is 525. The summed E-state index contributed by atoms with van der Waals surface area (Å²) in [5.74, 6) is 1.95. The maximum Gasteiger partial charge on any atom is 0.494 e. The van der Waals surface area contributed by atoms with E-state index in [1.54, 1.807) is 0 Å². The van der Waals surface area contributed by atoms with Crippen molar-refractivity contribution in [3.63, 3.8) is 0 Å². The Morgan fingerprint density at radius 1 is 0.952 bits per heavy atom. The molecular formula is C16H23BO4. The van der Waals surface area contributed by atoms with Crippen LogP contribution in [0.2, 0.25) is 0 Å². The second kappa shape index (κ2) is 4.92. The molecule has 0 aliphatic carbocycles.